The lowest BCUT2D eigenvalue weighted by Gasteiger charge is -2.36. The summed E-state index contributed by atoms with van der Waals surface area (Å²) in [5.41, 5.74) is 1.47. The minimum absolute atomic E-state index is 0.0747. The minimum Gasteiger partial charge on any atom is -0.368 e. The number of benzene rings is 1. The predicted octanol–water partition coefficient (Wildman–Crippen LogP) is 2.91. The fourth-order valence-corrected chi connectivity index (χ4v) is 3.00. The standard InChI is InChI=1S/C18H22ClN5O/c1-13(2)22-17-12-20-16(11-21-17)18(25)24-8-6-23(7-9-24)15-5-3-4-14(19)10-15/h3-5,10-13H,6-9H2,1-2H3,(H,21,22). The zero-order valence-corrected chi connectivity index (χ0v) is 15.2. The number of hydrogen-bond donors (Lipinski definition) is 1. The van der Waals surface area contributed by atoms with Crippen molar-refractivity contribution in [3.63, 3.8) is 0 Å². The lowest BCUT2D eigenvalue weighted by molar-refractivity contribution is 0.0740. The second kappa shape index (κ2) is 7.70. The van der Waals surface area contributed by atoms with Gasteiger partial charge in [0.05, 0.1) is 12.4 Å². The zero-order valence-electron chi connectivity index (χ0n) is 14.4. The Bertz CT molecular complexity index is 727. The van der Waals surface area contributed by atoms with Gasteiger partial charge in [-0.15, -0.1) is 0 Å². The van der Waals surface area contributed by atoms with Crippen molar-refractivity contribution in [1.82, 2.24) is 14.9 Å². The molecule has 1 aliphatic heterocycles. The van der Waals surface area contributed by atoms with E-state index in [1.807, 2.05) is 43.0 Å². The first-order valence-electron chi connectivity index (χ1n) is 8.41. The van der Waals surface area contributed by atoms with Crippen LogP contribution in [0.1, 0.15) is 24.3 Å². The van der Waals surface area contributed by atoms with E-state index in [9.17, 15) is 4.79 Å². The molecule has 2 aromatic rings. The van der Waals surface area contributed by atoms with Crippen molar-refractivity contribution in [2.75, 3.05) is 36.4 Å². The van der Waals surface area contributed by atoms with E-state index in [4.69, 9.17) is 11.6 Å². The maximum atomic E-state index is 12.6. The summed E-state index contributed by atoms with van der Waals surface area (Å²) in [6, 6.07) is 8.06. The van der Waals surface area contributed by atoms with Gasteiger partial charge in [-0.25, -0.2) is 9.97 Å². The van der Waals surface area contributed by atoms with Gasteiger partial charge in [0.2, 0.25) is 0 Å². The SMILES string of the molecule is CC(C)Nc1cnc(C(=O)N2CCN(c3cccc(Cl)c3)CC2)cn1. The van der Waals surface area contributed by atoms with E-state index in [-0.39, 0.29) is 11.9 Å². The van der Waals surface area contributed by atoms with E-state index in [1.54, 1.807) is 6.20 Å². The van der Waals surface area contributed by atoms with E-state index in [2.05, 4.69) is 20.2 Å². The highest BCUT2D eigenvalue weighted by Gasteiger charge is 2.23. The molecule has 0 bridgehead atoms. The van der Waals surface area contributed by atoms with Crippen LogP contribution in [-0.2, 0) is 0 Å². The molecule has 7 heteroatoms. The first-order valence-corrected chi connectivity index (χ1v) is 8.79. The number of piperazine rings is 1. The highest BCUT2D eigenvalue weighted by molar-refractivity contribution is 6.30. The van der Waals surface area contributed by atoms with Crippen molar-refractivity contribution in [1.29, 1.82) is 0 Å². The second-order valence-electron chi connectivity index (χ2n) is 6.35. The predicted molar refractivity (Wildman–Crippen MR) is 100 cm³/mol. The van der Waals surface area contributed by atoms with Crippen molar-refractivity contribution in [2.24, 2.45) is 0 Å². The highest BCUT2D eigenvalue weighted by atomic mass is 35.5. The second-order valence-corrected chi connectivity index (χ2v) is 6.78. The maximum Gasteiger partial charge on any atom is 0.274 e. The van der Waals surface area contributed by atoms with Crippen LogP contribution in [0.3, 0.4) is 0 Å². The molecule has 2 heterocycles. The molecular formula is C18H22ClN5O. The summed E-state index contributed by atoms with van der Waals surface area (Å²) < 4.78 is 0. The largest absolute Gasteiger partial charge is 0.368 e. The molecule has 1 aromatic carbocycles. The van der Waals surface area contributed by atoms with E-state index < -0.39 is 0 Å². The van der Waals surface area contributed by atoms with Crippen LogP contribution >= 0.6 is 11.6 Å². The van der Waals surface area contributed by atoms with Crippen LogP contribution in [0.2, 0.25) is 5.02 Å². The van der Waals surface area contributed by atoms with Crippen LogP contribution in [0, 0.1) is 0 Å². The minimum atomic E-state index is -0.0747. The van der Waals surface area contributed by atoms with Gasteiger partial charge in [-0.2, -0.15) is 0 Å². The van der Waals surface area contributed by atoms with Gasteiger partial charge < -0.3 is 15.1 Å². The lowest BCUT2D eigenvalue weighted by Crippen LogP contribution is -2.49. The Morgan fingerprint density at radius 1 is 1.16 bits per heavy atom. The molecule has 1 fully saturated rings. The Labute approximate surface area is 152 Å². The molecule has 0 spiro atoms. The maximum absolute atomic E-state index is 12.6. The van der Waals surface area contributed by atoms with Gasteiger partial charge in [-0.05, 0) is 32.0 Å². The molecule has 1 saturated heterocycles. The molecule has 1 N–H and O–H groups in total. The third-order valence-electron chi connectivity index (χ3n) is 4.05. The summed E-state index contributed by atoms with van der Waals surface area (Å²) >= 11 is 6.06. The molecule has 0 radical (unpaired) electrons. The van der Waals surface area contributed by atoms with Gasteiger partial charge in [0.25, 0.3) is 5.91 Å². The average Bonchev–Trinajstić information content (AvgIpc) is 2.61. The Balaban J connectivity index is 1.59. The van der Waals surface area contributed by atoms with E-state index in [1.165, 1.54) is 6.20 Å². The number of anilines is 2. The molecule has 0 atom stereocenters. The zero-order chi connectivity index (χ0) is 17.8. The number of hydrogen-bond acceptors (Lipinski definition) is 5. The Hall–Kier alpha value is -2.34. The number of amides is 1. The molecular weight excluding hydrogens is 338 g/mol. The number of halogens is 1. The summed E-state index contributed by atoms with van der Waals surface area (Å²) in [6.45, 7) is 6.90. The summed E-state index contributed by atoms with van der Waals surface area (Å²) in [4.78, 5) is 25.2. The first kappa shape index (κ1) is 17.5. The lowest BCUT2D eigenvalue weighted by atomic mass is 10.2. The first-order chi connectivity index (χ1) is 12.0. The molecule has 3 rings (SSSR count). The summed E-state index contributed by atoms with van der Waals surface area (Å²) in [5.74, 6) is 0.603. The number of carbonyl (C=O) groups excluding carboxylic acids is 1. The fourth-order valence-electron chi connectivity index (χ4n) is 2.81. The van der Waals surface area contributed by atoms with Crippen LogP contribution in [0.4, 0.5) is 11.5 Å². The van der Waals surface area contributed by atoms with Crippen molar-refractivity contribution in [3.8, 4) is 0 Å². The molecule has 25 heavy (non-hydrogen) atoms. The van der Waals surface area contributed by atoms with Crippen molar-refractivity contribution in [2.45, 2.75) is 19.9 Å². The van der Waals surface area contributed by atoms with Gasteiger partial charge in [0.15, 0.2) is 0 Å². The molecule has 6 nitrogen and oxygen atoms in total. The monoisotopic (exact) mass is 359 g/mol. The molecule has 1 amide bonds. The summed E-state index contributed by atoms with van der Waals surface area (Å²) in [6.07, 6.45) is 3.14. The average molecular weight is 360 g/mol. The summed E-state index contributed by atoms with van der Waals surface area (Å²) in [5, 5.41) is 3.89. The normalized spacial score (nSPS) is 14.7. The number of aromatic nitrogens is 2. The van der Waals surface area contributed by atoms with Gasteiger partial charge in [0, 0.05) is 42.9 Å². The molecule has 1 aliphatic rings. The van der Waals surface area contributed by atoms with Crippen LogP contribution < -0.4 is 10.2 Å². The highest BCUT2D eigenvalue weighted by Crippen LogP contribution is 2.21. The van der Waals surface area contributed by atoms with E-state index >= 15 is 0 Å². The van der Waals surface area contributed by atoms with Crippen molar-refractivity contribution < 1.29 is 4.79 Å². The Morgan fingerprint density at radius 2 is 1.92 bits per heavy atom. The van der Waals surface area contributed by atoms with Gasteiger partial charge in [-0.3, -0.25) is 4.79 Å². The third-order valence-corrected chi connectivity index (χ3v) is 4.28. The molecule has 132 valence electrons. The number of nitrogens with zero attached hydrogens (tertiary/aromatic N) is 4. The molecule has 1 aromatic heterocycles. The van der Waals surface area contributed by atoms with Gasteiger partial charge in [-0.1, -0.05) is 17.7 Å². The van der Waals surface area contributed by atoms with Crippen LogP contribution in [0.15, 0.2) is 36.7 Å². The molecule has 0 saturated carbocycles. The topological polar surface area (TPSA) is 61.4 Å². The number of rotatable bonds is 4. The van der Waals surface area contributed by atoms with Gasteiger partial charge >= 0.3 is 0 Å². The van der Waals surface area contributed by atoms with Crippen molar-refractivity contribution in [3.05, 3.63) is 47.4 Å². The summed E-state index contributed by atoms with van der Waals surface area (Å²) in [7, 11) is 0. The van der Waals surface area contributed by atoms with Crippen LogP contribution in [0.25, 0.3) is 0 Å². The Morgan fingerprint density at radius 3 is 2.52 bits per heavy atom. The molecule has 0 unspecified atom stereocenters. The van der Waals surface area contributed by atoms with E-state index in [0.717, 1.165) is 23.8 Å². The van der Waals surface area contributed by atoms with E-state index in [0.29, 0.717) is 24.6 Å². The van der Waals surface area contributed by atoms with Crippen LogP contribution in [-0.4, -0.2) is 53.0 Å². The molecule has 0 aliphatic carbocycles. The fraction of sp³-hybridized carbons (Fsp3) is 0.389. The Kier molecular flexibility index (Phi) is 5.38. The third kappa shape index (κ3) is 4.39. The van der Waals surface area contributed by atoms with Crippen molar-refractivity contribution >= 4 is 29.0 Å². The van der Waals surface area contributed by atoms with Gasteiger partial charge in [0.1, 0.15) is 11.5 Å². The smallest absolute Gasteiger partial charge is 0.274 e. The number of carbonyl (C=O) groups is 1. The quantitative estimate of drug-likeness (QED) is 0.909. The van der Waals surface area contributed by atoms with Crippen LogP contribution in [0.5, 0.6) is 0 Å². The number of nitrogens with one attached hydrogen (secondary N) is 1.